The highest BCUT2D eigenvalue weighted by atomic mass is 35.5. The summed E-state index contributed by atoms with van der Waals surface area (Å²) < 4.78 is 1.12. The summed E-state index contributed by atoms with van der Waals surface area (Å²) in [6, 6.07) is 13.9. The van der Waals surface area contributed by atoms with Gasteiger partial charge in [0.05, 0.1) is 10.2 Å². The van der Waals surface area contributed by atoms with Crippen LogP contribution in [0, 0.1) is 13.8 Å². The molecule has 27 heavy (non-hydrogen) atoms. The predicted molar refractivity (Wildman–Crippen MR) is 118 cm³/mol. The molecular formula is C21H26ClN3OS. The number of nitrogens with zero attached hydrogens (tertiary/aromatic N) is 3. The van der Waals surface area contributed by atoms with Gasteiger partial charge in [-0.25, -0.2) is 4.98 Å². The zero-order valence-corrected chi connectivity index (χ0v) is 17.9. The van der Waals surface area contributed by atoms with Crippen molar-refractivity contribution in [2.75, 3.05) is 32.1 Å². The van der Waals surface area contributed by atoms with Crippen LogP contribution in [0.2, 0.25) is 0 Å². The fourth-order valence-corrected chi connectivity index (χ4v) is 3.94. The maximum absolute atomic E-state index is 13.2. The number of carbonyl (C=O) groups is 1. The first-order valence-corrected chi connectivity index (χ1v) is 9.67. The number of benzene rings is 2. The number of thiazole rings is 1. The van der Waals surface area contributed by atoms with Gasteiger partial charge in [0.25, 0.3) is 5.91 Å². The Balaban J connectivity index is 0.00000261. The number of amides is 1. The fourth-order valence-electron chi connectivity index (χ4n) is 2.87. The molecule has 2 aromatic carbocycles. The van der Waals surface area contributed by atoms with Gasteiger partial charge >= 0.3 is 0 Å². The van der Waals surface area contributed by atoms with E-state index in [0.29, 0.717) is 12.1 Å². The van der Waals surface area contributed by atoms with Crippen molar-refractivity contribution < 1.29 is 4.79 Å². The topological polar surface area (TPSA) is 36.4 Å². The van der Waals surface area contributed by atoms with E-state index in [1.807, 2.05) is 56.3 Å². The van der Waals surface area contributed by atoms with E-state index < -0.39 is 0 Å². The summed E-state index contributed by atoms with van der Waals surface area (Å²) in [7, 11) is 4.10. The molecule has 0 unspecified atom stereocenters. The van der Waals surface area contributed by atoms with Crippen LogP contribution in [0.5, 0.6) is 0 Å². The van der Waals surface area contributed by atoms with Crippen molar-refractivity contribution in [1.82, 2.24) is 9.88 Å². The van der Waals surface area contributed by atoms with Crippen LogP contribution in [0.1, 0.15) is 27.9 Å². The smallest absolute Gasteiger partial charge is 0.260 e. The van der Waals surface area contributed by atoms with E-state index in [1.54, 1.807) is 11.3 Å². The molecule has 0 aliphatic carbocycles. The van der Waals surface area contributed by atoms with Crippen LogP contribution in [0.3, 0.4) is 0 Å². The van der Waals surface area contributed by atoms with Crippen molar-refractivity contribution >= 4 is 45.0 Å². The highest BCUT2D eigenvalue weighted by molar-refractivity contribution is 7.22. The quantitative estimate of drug-likeness (QED) is 0.585. The molecule has 3 aromatic rings. The molecule has 0 radical (unpaired) electrons. The van der Waals surface area contributed by atoms with Gasteiger partial charge in [0.15, 0.2) is 5.13 Å². The Labute approximate surface area is 171 Å². The highest BCUT2D eigenvalue weighted by Crippen LogP contribution is 2.31. The third-order valence-electron chi connectivity index (χ3n) is 4.37. The molecule has 0 bridgehead atoms. The van der Waals surface area contributed by atoms with E-state index in [-0.39, 0.29) is 18.3 Å². The van der Waals surface area contributed by atoms with Crippen molar-refractivity contribution in [3.05, 3.63) is 59.2 Å². The van der Waals surface area contributed by atoms with Crippen molar-refractivity contribution in [1.29, 1.82) is 0 Å². The number of aromatic nitrogens is 1. The van der Waals surface area contributed by atoms with Gasteiger partial charge in [-0.2, -0.15) is 0 Å². The van der Waals surface area contributed by atoms with E-state index in [2.05, 4.69) is 24.0 Å². The van der Waals surface area contributed by atoms with E-state index in [4.69, 9.17) is 4.98 Å². The molecule has 1 aromatic heterocycles. The highest BCUT2D eigenvalue weighted by Gasteiger charge is 2.21. The first-order valence-electron chi connectivity index (χ1n) is 8.85. The molecule has 0 saturated heterocycles. The van der Waals surface area contributed by atoms with Gasteiger partial charge in [-0.1, -0.05) is 41.2 Å². The zero-order chi connectivity index (χ0) is 18.7. The van der Waals surface area contributed by atoms with Gasteiger partial charge in [0.2, 0.25) is 0 Å². The van der Waals surface area contributed by atoms with E-state index in [1.165, 1.54) is 0 Å². The minimum absolute atomic E-state index is 0. The summed E-state index contributed by atoms with van der Waals surface area (Å²) in [6.07, 6.45) is 0.902. The third-order valence-corrected chi connectivity index (χ3v) is 5.41. The van der Waals surface area contributed by atoms with Crippen LogP contribution in [-0.4, -0.2) is 43.0 Å². The number of halogens is 1. The number of aryl methyl sites for hydroxylation is 2. The SMILES string of the molecule is Cc1ccc(C(=O)N(CCCN(C)C)c2nc3c(C)cccc3s2)cc1.Cl. The fraction of sp³-hybridized carbons (Fsp3) is 0.333. The second kappa shape index (κ2) is 9.31. The minimum Gasteiger partial charge on any atom is -0.309 e. The van der Waals surface area contributed by atoms with Crippen LogP contribution < -0.4 is 4.90 Å². The first kappa shape index (κ1) is 21.4. The molecule has 0 atom stereocenters. The molecule has 0 spiro atoms. The number of hydrogen-bond acceptors (Lipinski definition) is 4. The molecule has 1 heterocycles. The molecule has 1 amide bonds. The Morgan fingerprint density at radius 3 is 2.37 bits per heavy atom. The summed E-state index contributed by atoms with van der Waals surface area (Å²) in [5.41, 5.74) is 3.98. The van der Waals surface area contributed by atoms with Crippen LogP contribution in [0.15, 0.2) is 42.5 Å². The van der Waals surface area contributed by atoms with E-state index >= 15 is 0 Å². The van der Waals surface area contributed by atoms with Crippen molar-refractivity contribution in [3.8, 4) is 0 Å². The number of hydrogen-bond donors (Lipinski definition) is 0. The van der Waals surface area contributed by atoms with Crippen molar-refractivity contribution in [3.63, 3.8) is 0 Å². The standard InChI is InChI=1S/C21H25N3OS.ClH/c1-15-9-11-17(12-10-15)20(25)24(14-6-13-23(3)4)21-22-19-16(2)7-5-8-18(19)26-21;/h5,7-12H,6,13-14H2,1-4H3;1H. The van der Waals surface area contributed by atoms with Gasteiger partial charge in [-0.3, -0.25) is 9.69 Å². The van der Waals surface area contributed by atoms with Gasteiger partial charge in [0, 0.05) is 12.1 Å². The Morgan fingerprint density at radius 2 is 1.74 bits per heavy atom. The number of rotatable bonds is 6. The number of fused-ring (bicyclic) bond motifs is 1. The van der Waals surface area contributed by atoms with Gasteiger partial charge in [0.1, 0.15) is 0 Å². The van der Waals surface area contributed by atoms with Gasteiger partial charge < -0.3 is 4.90 Å². The molecular weight excluding hydrogens is 378 g/mol. The first-order chi connectivity index (χ1) is 12.5. The van der Waals surface area contributed by atoms with Gasteiger partial charge in [-0.15, -0.1) is 12.4 Å². The lowest BCUT2D eigenvalue weighted by molar-refractivity contribution is 0.0986. The normalized spacial score (nSPS) is 10.9. The predicted octanol–water partition coefficient (Wildman–Crippen LogP) is 4.93. The monoisotopic (exact) mass is 403 g/mol. The van der Waals surface area contributed by atoms with Gasteiger partial charge in [-0.05, 0) is 64.7 Å². The molecule has 0 saturated carbocycles. The third kappa shape index (κ3) is 5.06. The second-order valence-corrected chi connectivity index (χ2v) is 7.91. The number of para-hydroxylation sites is 1. The lowest BCUT2D eigenvalue weighted by Crippen LogP contribution is -2.33. The number of anilines is 1. The maximum Gasteiger partial charge on any atom is 0.260 e. The summed E-state index contributed by atoms with van der Waals surface area (Å²) in [5.74, 6) is 0.0143. The average Bonchev–Trinajstić information content (AvgIpc) is 3.04. The van der Waals surface area contributed by atoms with Crippen LogP contribution in [-0.2, 0) is 0 Å². The summed E-state index contributed by atoms with van der Waals surface area (Å²) in [6.45, 7) is 5.68. The Morgan fingerprint density at radius 1 is 1.04 bits per heavy atom. The average molecular weight is 404 g/mol. The lowest BCUT2D eigenvalue weighted by atomic mass is 10.1. The summed E-state index contributed by atoms with van der Waals surface area (Å²) >= 11 is 1.58. The Hall–Kier alpha value is -1.95. The largest absolute Gasteiger partial charge is 0.309 e. The lowest BCUT2D eigenvalue weighted by Gasteiger charge is -2.21. The zero-order valence-electron chi connectivity index (χ0n) is 16.2. The van der Waals surface area contributed by atoms with Crippen molar-refractivity contribution in [2.24, 2.45) is 0 Å². The van der Waals surface area contributed by atoms with E-state index in [0.717, 1.165) is 39.4 Å². The molecule has 4 nitrogen and oxygen atoms in total. The molecule has 6 heteroatoms. The summed E-state index contributed by atoms with van der Waals surface area (Å²) in [4.78, 5) is 21.9. The minimum atomic E-state index is 0. The number of carbonyl (C=O) groups excluding carboxylic acids is 1. The maximum atomic E-state index is 13.2. The molecule has 0 aliphatic rings. The molecule has 3 rings (SSSR count). The molecule has 0 aliphatic heterocycles. The van der Waals surface area contributed by atoms with Crippen LogP contribution in [0.4, 0.5) is 5.13 Å². The molecule has 0 fully saturated rings. The van der Waals surface area contributed by atoms with Crippen LogP contribution >= 0.6 is 23.7 Å². The molecule has 0 N–H and O–H groups in total. The second-order valence-electron chi connectivity index (χ2n) is 6.90. The van der Waals surface area contributed by atoms with Crippen LogP contribution in [0.25, 0.3) is 10.2 Å². The van der Waals surface area contributed by atoms with Crippen molar-refractivity contribution in [2.45, 2.75) is 20.3 Å². The van der Waals surface area contributed by atoms with E-state index in [9.17, 15) is 4.79 Å². The Kier molecular flexibility index (Phi) is 7.36. The summed E-state index contributed by atoms with van der Waals surface area (Å²) in [5, 5.41) is 0.777. The Bertz CT molecular complexity index is 905. The molecule has 144 valence electrons.